The van der Waals surface area contributed by atoms with Crippen LogP contribution in [-0.4, -0.2) is 18.2 Å². The highest BCUT2D eigenvalue weighted by Crippen LogP contribution is 2.27. The van der Waals surface area contributed by atoms with E-state index in [1.54, 1.807) is 14.0 Å². The number of halogens is 2. The number of hydrogen-bond donors (Lipinski definition) is 1. The molecule has 2 rings (SSSR count). The SMILES string of the molecule is Cc1nn(C)c(CS(=O)(=O)c2cc(F)ccc2N)c1Br. The van der Waals surface area contributed by atoms with Crippen molar-refractivity contribution < 1.29 is 12.8 Å². The van der Waals surface area contributed by atoms with Crippen LogP contribution in [0.4, 0.5) is 10.1 Å². The van der Waals surface area contributed by atoms with Gasteiger partial charge in [-0.25, -0.2) is 12.8 Å². The van der Waals surface area contributed by atoms with Crippen molar-refractivity contribution in [3.63, 3.8) is 0 Å². The molecule has 2 aromatic rings. The van der Waals surface area contributed by atoms with Crippen LogP contribution in [0.25, 0.3) is 0 Å². The topological polar surface area (TPSA) is 78.0 Å². The lowest BCUT2D eigenvalue weighted by molar-refractivity contribution is 0.587. The highest BCUT2D eigenvalue weighted by molar-refractivity contribution is 9.10. The minimum Gasteiger partial charge on any atom is -0.398 e. The van der Waals surface area contributed by atoms with Gasteiger partial charge in [-0.05, 0) is 41.1 Å². The van der Waals surface area contributed by atoms with Gasteiger partial charge in [-0.2, -0.15) is 5.10 Å². The summed E-state index contributed by atoms with van der Waals surface area (Å²) in [7, 11) is -2.10. The van der Waals surface area contributed by atoms with Crippen molar-refractivity contribution in [3.05, 3.63) is 39.9 Å². The van der Waals surface area contributed by atoms with Gasteiger partial charge in [0, 0.05) is 7.05 Å². The molecule has 0 fully saturated rings. The Labute approximate surface area is 124 Å². The van der Waals surface area contributed by atoms with Crippen LogP contribution in [-0.2, 0) is 22.6 Å². The van der Waals surface area contributed by atoms with Crippen molar-refractivity contribution in [2.75, 3.05) is 5.73 Å². The zero-order chi connectivity index (χ0) is 15.1. The number of sulfone groups is 1. The fourth-order valence-corrected chi connectivity index (χ4v) is 4.10. The van der Waals surface area contributed by atoms with Gasteiger partial charge in [0.1, 0.15) is 5.82 Å². The molecule has 0 aliphatic rings. The molecule has 1 aromatic carbocycles. The van der Waals surface area contributed by atoms with Crippen LogP contribution in [0.5, 0.6) is 0 Å². The molecule has 1 heterocycles. The van der Waals surface area contributed by atoms with E-state index in [1.807, 2.05) is 0 Å². The van der Waals surface area contributed by atoms with Crippen molar-refractivity contribution in [2.24, 2.45) is 7.05 Å². The maximum absolute atomic E-state index is 13.2. The van der Waals surface area contributed by atoms with E-state index in [0.29, 0.717) is 15.9 Å². The number of aryl methyl sites for hydroxylation is 2. The second-order valence-electron chi connectivity index (χ2n) is 4.41. The molecule has 0 atom stereocenters. The Balaban J connectivity index is 2.49. The Bertz CT molecular complexity index is 771. The van der Waals surface area contributed by atoms with E-state index in [1.165, 1.54) is 10.7 Å². The maximum atomic E-state index is 13.2. The molecule has 20 heavy (non-hydrogen) atoms. The van der Waals surface area contributed by atoms with E-state index in [4.69, 9.17) is 5.73 Å². The van der Waals surface area contributed by atoms with E-state index in [9.17, 15) is 12.8 Å². The lowest BCUT2D eigenvalue weighted by atomic mass is 10.3. The smallest absolute Gasteiger partial charge is 0.186 e. The Morgan fingerprint density at radius 1 is 1.45 bits per heavy atom. The van der Waals surface area contributed by atoms with Gasteiger partial charge in [0.15, 0.2) is 9.84 Å². The largest absolute Gasteiger partial charge is 0.398 e. The van der Waals surface area contributed by atoms with Gasteiger partial charge in [-0.3, -0.25) is 4.68 Å². The third-order valence-electron chi connectivity index (χ3n) is 2.90. The first kappa shape index (κ1) is 15.0. The summed E-state index contributed by atoms with van der Waals surface area (Å²) in [6.45, 7) is 1.76. The second kappa shape index (κ2) is 5.17. The molecule has 0 saturated heterocycles. The standard InChI is InChI=1S/C12H13BrFN3O2S/c1-7-12(13)10(17(2)16-7)6-20(18,19)11-5-8(14)3-4-9(11)15/h3-5H,6,15H2,1-2H3. The fraction of sp³-hybridized carbons (Fsp3) is 0.250. The number of nitrogens with zero attached hydrogens (tertiary/aromatic N) is 2. The van der Waals surface area contributed by atoms with Crippen molar-refractivity contribution in [3.8, 4) is 0 Å². The molecule has 0 spiro atoms. The van der Waals surface area contributed by atoms with Gasteiger partial charge in [-0.15, -0.1) is 0 Å². The summed E-state index contributed by atoms with van der Waals surface area (Å²) < 4.78 is 40.1. The zero-order valence-electron chi connectivity index (χ0n) is 10.9. The molecule has 5 nitrogen and oxygen atoms in total. The summed E-state index contributed by atoms with van der Waals surface area (Å²) in [5.41, 5.74) is 6.84. The van der Waals surface area contributed by atoms with Crippen LogP contribution in [0, 0.1) is 12.7 Å². The lowest BCUT2D eigenvalue weighted by Crippen LogP contribution is -2.11. The number of hydrogen-bond acceptors (Lipinski definition) is 4. The van der Waals surface area contributed by atoms with Crippen molar-refractivity contribution in [1.29, 1.82) is 0 Å². The van der Waals surface area contributed by atoms with Crippen LogP contribution in [0.3, 0.4) is 0 Å². The molecular formula is C12H13BrFN3O2S. The minimum atomic E-state index is -3.75. The number of aromatic nitrogens is 2. The van der Waals surface area contributed by atoms with E-state index >= 15 is 0 Å². The third kappa shape index (κ3) is 2.71. The van der Waals surface area contributed by atoms with Crippen LogP contribution in [0.15, 0.2) is 27.6 Å². The van der Waals surface area contributed by atoms with Crippen LogP contribution in [0.2, 0.25) is 0 Å². The fourth-order valence-electron chi connectivity index (χ4n) is 1.87. The summed E-state index contributed by atoms with van der Waals surface area (Å²) >= 11 is 3.31. The highest BCUT2D eigenvalue weighted by Gasteiger charge is 2.23. The van der Waals surface area contributed by atoms with Crippen LogP contribution < -0.4 is 5.73 Å². The zero-order valence-corrected chi connectivity index (χ0v) is 13.3. The highest BCUT2D eigenvalue weighted by atomic mass is 79.9. The summed E-state index contributed by atoms with van der Waals surface area (Å²) in [5.74, 6) is -0.948. The average Bonchev–Trinajstić information content (AvgIpc) is 2.59. The van der Waals surface area contributed by atoms with E-state index < -0.39 is 15.7 Å². The Morgan fingerprint density at radius 3 is 2.65 bits per heavy atom. The number of nitrogens with two attached hydrogens (primary N) is 1. The minimum absolute atomic E-state index is 0.0291. The Kier molecular flexibility index (Phi) is 3.88. The summed E-state index contributed by atoms with van der Waals surface area (Å²) in [6, 6.07) is 3.30. The van der Waals surface area contributed by atoms with Crippen LogP contribution in [0.1, 0.15) is 11.4 Å². The van der Waals surface area contributed by atoms with Gasteiger partial charge < -0.3 is 5.73 Å². The molecule has 0 radical (unpaired) electrons. The molecule has 0 amide bonds. The van der Waals surface area contributed by atoms with E-state index in [2.05, 4.69) is 21.0 Å². The number of nitrogen functional groups attached to an aromatic ring is 1. The van der Waals surface area contributed by atoms with Gasteiger partial charge in [0.25, 0.3) is 0 Å². The first-order valence-corrected chi connectivity index (χ1v) is 8.12. The van der Waals surface area contributed by atoms with Gasteiger partial charge in [0.2, 0.25) is 0 Å². The average molecular weight is 362 g/mol. The summed E-state index contributed by atoms with van der Waals surface area (Å²) in [5, 5.41) is 4.13. The van der Waals surface area contributed by atoms with Crippen LogP contribution >= 0.6 is 15.9 Å². The Morgan fingerprint density at radius 2 is 2.10 bits per heavy atom. The molecular weight excluding hydrogens is 349 g/mol. The maximum Gasteiger partial charge on any atom is 0.186 e. The number of anilines is 1. The van der Waals surface area contributed by atoms with Gasteiger partial charge in [-0.1, -0.05) is 0 Å². The normalized spacial score (nSPS) is 11.8. The molecule has 0 unspecified atom stereocenters. The van der Waals surface area contributed by atoms with E-state index in [0.717, 1.165) is 12.1 Å². The monoisotopic (exact) mass is 361 g/mol. The molecule has 0 bridgehead atoms. The Hall–Kier alpha value is -1.41. The van der Waals surface area contributed by atoms with Crippen molar-refractivity contribution in [2.45, 2.75) is 17.6 Å². The summed E-state index contributed by atoms with van der Waals surface area (Å²) in [6.07, 6.45) is 0. The third-order valence-corrected chi connectivity index (χ3v) is 5.61. The first-order valence-electron chi connectivity index (χ1n) is 5.68. The summed E-state index contributed by atoms with van der Waals surface area (Å²) in [4.78, 5) is -0.205. The first-order chi connectivity index (χ1) is 9.22. The second-order valence-corrected chi connectivity index (χ2v) is 7.16. The van der Waals surface area contributed by atoms with Gasteiger partial charge >= 0.3 is 0 Å². The predicted octanol–water partition coefficient (Wildman–Crippen LogP) is 2.19. The molecule has 8 heteroatoms. The quantitative estimate of drug-likeness (QED) is 0.849. The molecule has 1 aromatic heterocycles. The lowest BCUT2D eigenvalue weighted by Gasteiger charge is -2.08. The molecule has 0 saturated carbocycles. The number of benzene rings is 1. The molecule has 108 valence electrons. The van der Waals surface area contributed by atoms with E-state index in [-0.39, 0.29) is 16.3 Å². The molecule has 0 aliphatic heterocycles. The predicted molar refractivity (Wildman–Crippen MR) is 77.3 cm³/mol. The van der Waals surface area contributed by atoms with Crippen molar-refractivity contribution in [1.82, 2.24) is 9.78 Å². The van der Waals surface area contributed by atoms with Gasteiger partial charge in [0.05, 0.1) is 32.2 Å². The number of rotatable bonds is 3. The van der Waals surface area contributed by atoms with Crippen molar-refractivity contribution >= 4 is 31.5 Å². The molecule has 2 N–H and O–H groups in total. The molecule has 0 aliphatic carbocycles.